The molecule has 1 fully saturated rings. The zero-order chi connectivity index (χ0) is 13.9. The number of hydrogen-bond acceptors (Lipinski definition) is 1. The molecule has 2 amide bonds. The number of fused-ring (bicyclic) bond motifs is 1. The van der Waals surface area contributed by atoms with E-state index in [1.54, 1.807) is 4.90 Å². The Kier molecular flexibility index (Phi) is 3.63. The molecule has 0 bridgehead atoms. The van der Waals surface area contributed by atoms with Crippen LogP contribution in [0.5, 0.6) is 0 Å². The van der Waals surface area contributed by atoms with Crippen molar-refractivity contribution < 1.29 is 4.79 Å². The number of benzene rings is 1. The summed E-state index contributed by atoms with van der Waals surface area (Å²) < 4.78 is 0. The van der Waals surface area contributed by atoms with Gasteiger partial charge in [0, 0.05) is 36.4 Å². The van der Waals surface area contributed by atoms with E-state index < -0.39 is 0 Å². The third kappa shape index (κ3) is 2.79. The van der Waals surface area contributed by atoms with Gasteiger partial charge in [0.2, 0.25) is 0 Å². The van der Waals surface area contributed by atoms with Crippen LogP contribution in [0.15, 0.2) is 30.5 Å². The summed E-state index contributed by atoms with van der Waals surface area (Å²) in [7, 11) is 1.88. The van der Waals surface area contributed by atoms with Crippen LogP contribution in [0.25, 0.3) is 10.9 Å². The molecule has 1 heterocycles. The van der Waals surface area contributed by atoms with Crippen molar-refractivity contribution in [3.63, 3.8) is 0 Å². The third-order valence-electron chi connectivity index (χ3n) is 4.16. The highest BCUT2D eigenvalue weighted by atomic mass is 16.2. The van der Waals surface area contributed by atoms with Crippen molar-refractivity contribution in [1.29, 1.82) is 0 Å². The second-order valence-corrected chi connectivity index (χ2v) is 5.74. The minimum atomic E-state index is -0.0215. The van der Waals surface area contributed by atoms with Gasteiger partial charge >= 0.3 is 6.03 Å². The Labute approximate surface area is 119 Å². The van der Waals surface area contributed by atoms with Crippen LogP contribution in [-0.2, 0) is 0 Å². The molecule has 1 saturated carbocycles. The molecule has 1 aliphatic carbocycles. The van der Waals surface area contributed by atoms with Crippen LogP contribution in [0.2, 0.25) is 0 Å². The second-order valence-electron chi connectivity index (χ2n) is 5.74. The summed E-state index contributed by atoms with van der Waals surface area (Å²) in [5, 5.41) is 4.08. The summed E-state index contributed by atoms with van der Waals surface area (Å²) in [5.74, 6) is 0.679. The predicted octanol–water partition coefficient (Wildman–Crippen LogP) is 3.82. The number of rotatable bonds is 3. The molecule has 2 aromatic rings. The van der Waals surface area contributed by atoms with E-state index in [0.29, 0.717) is 5.92 Å². The van der Waals surface area contributed by atoms with E-state index in [4.69, 9.17) is 0 Å². The van der Waals surface area contributed by atoms with Crippen molar-refractivity contribution in [2.24, 2.45) is 5.92 Å². The van der Waals surface area contributed by atoms with Gasteiger partial charge in [-0.25, -0.2) is 4.79 Å². The minimum absolute atomic E-state index is 0.0215. The molecule has 0 radical (unpaired) electrons. The van der Waals surface area contributed by atoms with E-state index in [0.717, 1.165) is 23.1 Å². The molecule has 4 heteroatoms. The number of nitrogens with zero attached hydrogens (tertiary/aromatic N) is 1. The molecular formula is C16H21N3O. The number of aromatic amines is 1. The first-order valence-corrected chi connectivity index (χ1v) is 7.31. The van der Waals surface area contributed by atoms with Gasteiger partial charge in [-0.2, -0.15) is 0 Å². The van der Waals surface area contributed by atoms with Gasteiger partial charge < -0.3 is 15.2 Å². The first-order chi connectivity index (χ1) is 9.72. The second kappa shape index (κ2) is 5.57. The Morgan fingerprint density at radius 2 is 2.15 bits per heavy atom. The highest BCUT2D eigenvalue weighted by Gasteiger charge is 2.19. The number of hydrogen-bond donors (Lipinski definition) is 2. The number of aromatic nitrogens is 1. The largest absolute Gasteiger partial charge is 0.361 e. The molecule has 106 valence electrons. The van der Waals surface area contributed by atoms with Crippen molar-refractivity contribution in [2.75, 3.05) is 18.9 Å². The number of nitrogens with one attached hydrogen (secondary N) is 2. The smallest absolute Gasteiger partial charge is 0.321 e. The van der Waals surface area contributed by atoms with Crippen LogP contribution in [0.3, 0.4) is 0 Å². The summed E-state index contributed by atoms with van der Waals surface area (Å²) in [6, 6.07) is 7.90. The monoisotopic (exact) mass is 271 g/mol. The van der Waals surface area contributed by atoms with Gasteiger partial charge in [-0.1, -0.05) is 12.8 Å². The third-order valence-corrected chi connectivity index (χ3v) is 4.16. The van der Waals surface area contributed by atoms with Crippen molar-refractivity contribution >= 4 is 22.6 Å². The van der Waals surface area contributed by atoms with Crippen LogP contribution in [0.4, 0.5) is 10.5 Å². The van der Waals surface area contributed by atoms with Gasteiger partial charge in [-0.15, -0.1) is 0 Å². The molecule has 0 unspecified atom stereocenters. The number of urea groups is 1. The zero-order valence-corrected chi connectivity index (χ0v) is 11.9. The summed E-state index contributed by atoms with van der Waals surface area (Å²) in [6.45, 7) is 0.859. The predicted molar refractivity (Wildman–Crippen MR) is 81.9 cm³/mol. The van der Waals surface area contributed by atoms with Crippen LogP contribution in [0.1, 0.15) is 25.7 Å². The van der Waals surface area contributed by atoms with Crippen molar-refractivity contribution in [2.45, 2.75) is 25.7 Å². The lowest BCUT2D eigenvalue weighted by Gasteiger charge is -2.21. The van der Waals surface area contributed by atoms with Crippen LogP contribution < -0.4 is 5.32 Å². The summed E-state index contributed by atoms with van der Waals surface area (Å²) in [5.41, 5.74) is 1.93. The van der Waals surface area contributed by atoms with E-state index in [2.05, 4.69) is 10.3 Å². The lowest BCUT2D eigenvalue weighted by molar-refractivity contribution is 0.214. The summed E-state index contributed by atoms with van der Waals surface area (Å²) in [6.07, 6.45) is 7.04. The van der Waals surface area contributed by atoms with Gasteiger partial charge in [-0.3, -0.25) is 0 Å². The molecule has 0 atom stereocenters. The summed E-state index contributed by atoms with van der Waals surface area (Å²) in [4.78, 5) is 17.1. The molecule has 0 spiro atoms. The van der Waals surface area contributed by atoms with Crippen LogP contribution >= 0.6 is 0 Å². The number of carbonyl (C=O) groups is 1. The minimum Gasteiger partial charge on any atom is -0.361 e. The first-order valence-electron chi connectivity index (χ1n) is 7.31. The quantitative estimate of drug-likeness (QED) is 0.876. The average molecular weight is 271 g/mol. The average Bonchev–Trinajstić information content (AvgIpc) is 3.08. The normalized spacial score (nSPS) is 15.7. The number of anilines is 1. The van der Waals surface area contributed by atoms with Crippen molar-refractivity contribution in [3.05, 3.63) is 30.5 Å². The number of amides is 2. The van der Waals surface area contributed by atoms with E-state index in [1.807, 2.05) is 37.5 Å². The molecule has 2 N–H and O–H groups in total. The van der Waals surface area contributed by atoms with E-state index in [1.165, 1.54) is 25.7 Å². The number of H-pyrrole nitrogens is 1. The van der Waals surface area contributed by atoms with E-state index in [9.17, 15) is 4.79 Å². The lowest BCUT2D eigenvalue weighted by Crippen LogP contribution is -2.34. The Bertz CT molecular complexity index is 599. The maximum atomic E-state index is 12.2. The summed E-state index contributed by atoms with van der Waals surface area (Å²) >= 11 is 0. The topological polar surface area (TPSA) is 48.1 Å². The zero-order valence-electron chi connectivity index (χ0n) is 11.9. The molecule has 3 rings (SSSR count). The van der Waals surface area contributed by atoms with E-state index >= 15 is 0 Å². The number of carbonyl (C=O) groups excluding carboxylic acids is 1. The molecule has 1 aromatic heterocycles. The molecule has 1 aliphatic rings. The fraction of sp³-hybridized carbons (Fsp3) is 0.438. The highest BCUT2D eigenvalue weighted by Crippen LogP contribution is 2.25. The van der Waals surface area contributed by atoms with Gasteiger partial charge in [0.1, 0.15) is 0 Å². The molecular weight excluding hydrogens is 250 g/mol. The maximum absolute atomic E-state index is 12.2. The van der Waals surface area contributed by atoms with Crippen molar-refractivity contribution in [1.82, 2.24) is 9.88 Å². The molecule has 0 saturated heterocycles. The Hall–Kier alpha value is -1.97. The standard InChI is InChI=1S/C16H21N3O/c1-19(11-12-4-2-3-5-12)16(20)18-14-6-7-15-13(10-14)8-9-17-15/h6-10,12,17H,2-5,11H2,1H3,(H,18,20). The first kappa shape index (κ1) is 13.0. The van der Waals surface area contributed by atoms with Crippen LogP contribution in [0, 0.1) is 5.92 Å². The Morgan fingerprint density at radius 1 is 1.35 bits per heavy atom. The Morgan fingerprint density at radius 3 is 2.95 bits per heavy atom. The van der Waals surface area contributed by atoms with E-state index in [-0.39, 0.29) is 6.03 Å². The maximum Gasteiger partial charge on any atom is 0.321 e. The van der Waals surface area contributed by atoms with Gasteiger partial charge in [0.15, 0.2) is 0 Å². The fourth-order valence-corrected chi connectivity index (χ4v) is 3.01. The van der Waals surface area contributed by atoms with Gasteiger partial charge in [0.05, 0.1) is 0 Å². The fourth-order valence-electron chi connectivity index (χ4n) is 3.01. The Balaban J connectivity index is 1.62. The van der Waals surface area contributed by atoms with Crippen LogP contribution in [-0.4, -0.2) is 29.5 Å². The molecule has 0 aliphatic heterocycles. The van der Waals surface area contributed by atoms with Gasteiger partial charge in [-0.05, 0) is 43.0 Å². The molecule has 1 aromatic carbocycles. The SMILES string of the molecule is CN(CC1CCCC1)C(=O)Nc1ccc2[nH]ccc2c1. The molecule has 20 heavy (non-hydrogen) atoms. The van der Waals surface area contributed by atoms with Gasteiger partial charge in [0.25, 0.3) is 0 Å². The molecule has 4 nitrogen and oxygen atoms in total. The lowest BCUT2D eigenvalue weighted by atomic mass is 10.1. The van der Waals surface area contributed by atoms with Crippen molar-refractivity contribution in [3.8, 4) is 0 Å². The highest BCUT2D eigenvalue weighted by molar-refractivity contribution is 5.92.